The van der Waals surface area contributed by atoms with E-state index in [4.69, 9.17) is 11.6 Å². The molecule has 0 radical (unpaired) electrons. The van der Waals surface area contributed by atoms with Crippen LogP contribution in [0.25, 0.3) is 0 Å². The minimum Gasteiger partial charge on any atom is -0.324 e. The number of halogens is 1. The summed E-state index contributed by atoms with van der Waals surface area (Å²) in [5.41, 5.74) is 0.701. The van der Waals surface area contributed by atoms with E-state index in [9.17, 15) is 13.2 Å². The normalized spacial score (nSPS) is 18.6. The van der Waals surface area contributed by atoms with Crippen molar-refractivity contribution < 1.29 is 13.2 Å². The van der Waals surface area contributed by atoms with Crippen molar-refractivity contribution in [3.63, 3.8) is 0 Å². The predicted octanol–water partition coefficient (Wildman–Crippen LogP) is 4.31. The van der Waals surface area contributed by atoms with Gasteiger partial charge in [-0.2, -0.15) is 4.31 Å². The van der Waals surface area contributed by atoms with Crippen LogP contribution in [0.3, 0.4) is 0 Å². The van der Waals surface area contributed by atoms with Crippen molar-refractivity contribution in [1.29, 1.82) is 0 Å². The van der Waals surface area contributed by atoms with Gasteiger partial charge in [-0.15, -0.1) is 23.1 Å². The van der Waals surface area contributed by atoms with Crippen LogP contribution in [-0.4, -0.2) is 37.5 Å². The average Bonchev–Trinajstić information content (AvgIpc) is 3.09. The molecular formula is C17H19ClN2O3S3. The first kappa shape index (κ1) is 19.7. The molecule has 0 unspecified atom stereocenters. The molecule has 1 aromatic heterocycles. The van der Waals surface area contributed by atoms with E-state index < -0.39 is 16.1 Å². The molecule has 1 amide bonds. The van der Waals surface area contributed by atoms with Crippen LogP contribution in [0, 0.1) is 0 Å². The summed E-state index contributed by atoms with van der Waals surface area (Å²) in [6.07, 6.45) is 4.00. The molecule has 1 fully saturated rings. The smallest absolute Gasteiger partial charge is 0.253 e. The van der Waals surface area contributed by atoms with Gasteiger partial charge >= 0.3 is 0 Å². The molecule has 140 valence electrons. The lowest BCUT2D eigenvalue weighted by Crippen LogP contribution is -2.49. The molecule has 1 aromatic carbocycles. The summed E-state index contributed by atoms with van der Waals surface area (Å²) in [7, 11) is -3.74. The molecule has 2 heterocycles. The van der Waals surface area contributed by atoms with Crippen LogP contribution >= 0.6 is 34.7 Å². The highest BCUT2D eigenvalue weighted by molar-refractivity contribution is 7.98. The molecule has 1 aliphatic heterocycles. The van der Waals surface area contributed by atoms with Crippen molar-refractivity contribution in [2.45, 2.75) is 34.4 Å². The first-order chi connectivity index (χ1) is 12.4. The van der Waals surface area contributed by atoms with Crippen LogP contribution in [0.4, 0.5) is 5.69 Å². The Morgan fingerprint density at radius 1 is 1.27 bits per heavy atom. The number of piperidine rings is 1. The molecule has 26 heavy (non-hydrogen) atoms. The Bertz CT molecular complexity index is 898. The summed E-state index contributed by atoms with van der Waals surface area (Å²) in [6, 6.07) is 9.83. The minimum atomic E-state index is -3.74. The maximum Gasteiger partial charge on any atom is 0.253 e. The standard InChI is InChI=1S/C17H19ClN2O3S3/c1-24-14-8-3-2-6-12(14)19-17(21)13-7-4-5-11-20(13)26(22,23)16-10-9-15(18)25-16/h2-3,6,8-10,13H,4-5,7,11H2,1H3,(H,19,21)/t13-/m1/s1. The van der Waals surface area contributed by atoms with Gasteiger partial charge in [-0.3, -0.25) is 4.79 Å². The molecule has 1 saturated heterocycles. The van der Waals surface area contributed by atoms with Gasteiger partial charge < -0.3 is 5.32 Å². The van der Waals surface area contributed by atoms with Crippen LogP contribution in [-0.2, 0) is 14.8 Å². The zero-order valence-corrected chi connectivity index (χ0v) is 17.3. The monoisotopic (exact) mass is 430 g/mol. The van der Waals surface area contributed by atoms with E-state index in [2.05, 4.69) is 5.32 Å². The molecular weight excluding hydrogens is 412 g/mol. The molecule has 3 rings (SSSR count). The fourth-order valence-corrected chi connectivity index (χ4v) is 6.79. The summed E-state index contributed by atoms with van der Waals surface area (Å²) < 4.78 is 27.9. The molecule has 9 heteroatoms. The van der Waals surface area contributed by atoms with Crippen LogP contribution in [0.2, 0.25) is 4.34 Å². The molecule has 0 bridgehead atoms. The predicted molar refractivity (Wildman–Crippen MR) is 108 cm³/mol. The van der Waals surface area contributed by atoms with Crippen molar-refractivity contribution in [3.8, 4) is 0 Å². The molecule has 2 aromatic rings. The van der Waals surface area contributed by atoms with Crippen LogP contribution in [0.5, 0.6) is 0 Å². The summed E-state index contributed by atoms with van der Waals surface area (Å²) in [5.74, 6) is -0.294. The molecule has 1 N–H and O–H groups in total. The van der Waals surface area contributed by atoms with Gasteiger partial charge in [0.05, 0.1) is 10.0 Å². The topological polar surface area (TPSA) is 66.5 Å². The van der Waals surface area contributed by atoms with Gasteiger partial charge in [0.1, 0.15) is 10.3 Å². The number of carbonyl (C=O) groups is 1. The Balaban J connectivity index is 1.86. The Kier molecular flexibility index (Phi) is 6.29. The number of benzene rings is 1. The summed E-state index contributed by atoms with van der Waals surface area (Å²) in [6.45, 7) is 0.333. The van der Waals surface area contributed by atoms with E-state index in [1.165, 1.54) is 22.1 Å². The fraction of sp³-hybridized carbons (Fsp3) is 0.353. The fourth-order valence-electron chi connectivity index (χ4n) is 2.97. The third-order valence-electron chi connectivity index (χ3n) is 4.23. The SMILES string of the molecule is CSc1ccccc1NC(=O)[C@H]1CCCCN1S(=O)(=O)c1ccc(Cl)s1. The highest BCUT2D eigenvalue weighted by Crippen LogP contribution is 2.32. The van der Waals surface area contributed by atoms with E-state index in [1.54, 1.807) is 6.07 Å². The maximum absolute atomic E-state index is 13.0. The lowest BCUT2D eigenvalue weighted by molar-refractivity contribution is -0.120. The van der Waals surface area contributed by atoms with Gasteiger partial charge in [-0.25, -0.2) is 8.42 Å². The molecule has 1 aliphatic rings. The second-order valence-corrected chi connectivity index (χ2v) is 10.6. The highest BCUT2D eigenvalue weighted by atomic mass is 35.5. The first-order valence-electron chi connectivity index (χ1n) is 8.14. The van der Waals surface area contributed by atoms with Crippen LogP contribution in [0.15, 0.2) is 45.5 Å². The zero-order chi connectivity index (χ0) is 18.7. The third kappa shape index (κ3) is 4.09. The largest absolute Gasteiger partial charge is 0.324 e. The van der Waals surface area contributed by atoms with E-state index in [0.29, 0.717) is 23.0 Å². The number of anilines is 1. The Morgan fingerprint density at radius 3 is 2.73 bits per heavy atom. The van der Waals surface area contributed by atoms with Crippen molar-refractivity contribution in [2.75, 3.05) is 18.1 Å². The van der Waals surface area contributed by atoms with Gasteiger partial charge in [-0.05, 0) is 43.4 Å². The second kappa shape index (κ2) is 8.31. The van der Waals surface area contributed by atoms with Gasteiger partial charge in [-0.1, -0.05) is 30.2 Å². The maximum atomic E-state index is 13.0. The summed E-state index contributed by atoms with van der Waals surface area (Å²) >= 11 is 8.44. The molecule has 0 saturated carbocycles. The number of amides is 1. The van der Waals surface area contributed by atoms with Crippen LogP contribution in [0.1, 0.15) is 19.3 Å². The van der Waals surface area contributed by atoms with E-state index >= 15 is 0 Å². The van der Waals surface area contributed by atoms with Crippen molar-refractivity contribution >= 4 is 56.3 Å². The number of hydrogen-bond acceptors (Lipinski definition) is 5. The number of para-hydroxylation sites is 1. The Hall–Kier alpha value is -1.06. The first-order valence-corrected chi connectivity index (χ1v) is 12.0. The van der Waals surface area contributed by atoms with E-state index in [1.807, 2.05) is 30.5 Å². The number of carbonyl (C=O) groups excluding carboxylic acids is 1. The number of nitrogens with one attached hydrogen (secondary N) is 1. The molecule has 1 atom stereocenters. The zero-order valence-electron chi connectivity index (χ0n) is 14.1. The summed E-state index contributed by atoms with van der Waals surface area (Å²) in [4.78, 5) is 13.8. The van der Waals surface area contributed by atoms with Gasteiger partial charge in [0.2, 0.25) is 5.91 Å². The quantitative estimate of drug-likeness (QED) is 0.718. The summed E-state index contributed by atoms with van der Waals surface area (Å²) in [5, 5.41) is 2.90. The van der Waals surface area contributed by atoms with Crippen molar-refractivity contribution in [1.82, 2.24) is 4.31 Å². The number of sulfonamides is 1. The van der Waals surface area contributed by atoms with E-state index in [-0.39, 0.29) is 10.1 Å². The van der Waals surface area contributed by atoms with Crippen molar-refractivity contribution in [2.24, 2.45) is 0 Å². The Labute approximate surface area is 166 Å². The van der Waals surface area contributed by atoms with Gasteiger partial charge in [0.25, 0.3) is 10.0 Å². The van der Waals surface area contributed by atoms with Crippen molar-refractivity contribution in [3.05, 3.63) is 40.7 Å². The van der Waals surface area contributed by atoms with E-state index in [0.717, 1.165) is 29.1 Å². The second-order valence-electron chi connectivity index (χ2n) is 5.88. The highest BCUT2D eigenvalue weighted by Gasteiger charge is 2.38. The number of thioether (sulfide) groups is 1. The molecule has 0 aliphatic carbocycles. The molecule has 0 spiro atoms. The Morgan fingerprint density at radius 2 is 2.04 bits per heavy atom. The average molecular weight is 431 g/mol. The third-order valence-corrected chi connectivity index (χ3v) is 8.64. The number of nitrogens with zero attached hydrogens (tertiary/aromatic N) is 1. The lowest BCUT2D eigenvalue weighted by Gasteiger charge is -2.33. The number of hydrogen-bond donors (Lipinski definition) is 1. The van der Waals surface area contributed by atoms with Crippen LogP contribution < -0.4 is 5.32 Å². The van der Waals surface area contributed by atoms with Gasteiger partial charge in [0.15, 0.2) is 0 Å². The molecule has 5 nitrogen and oxygen atoms in total. The number of rotatable bonds is 5. The number of thiophene rings is 1. The minimum absolute atomic E-state index is 0.173. The lowest BCUT2D eigenvalue weighted by atomic mass is 10.0. The van der Waals surface area contributed by atoms with Gasteiger partial charge in [0, 0.05) is 11.4 Å².